The van der Waals surface area contributed by atoms with Gasteiger partial charge in [-0.25, -0.2) is 9.59 Å². The van der Waals surface area contributed by atoms with Crippen molar-refractivity contribution in [2.75, 3.05) is 19.8 Å². The van der Waals surface area contributed by atoms with Crippen LogP contribution in [0.2, 0.25) is 0 Å². The molecule has 1 aromatic rings. The monoisotopic (exact) mass is 403 g/mol. The van der Waals surface area contributed by atoms with E-state index in [1.165, 1.54) is 4.90 Å². The smallest absolute Gasteiger partial charge is 0.410 e. The zero-order chi connectivity index (χ0) is 21.4. The first kappa shape index (κ1) is 22.5. The summed E-state index contributed by atoms with van der Waals surface area (Å²) in [6.07, 6.45) is -0.623. The van der Waals surface area contributed by atoms with Gasteiger partial charge in [-0.2, -0.15) is 0 Å². The van der Waals surface area contributed by atoms with Gasteiger partial charge in [-0.3, -0.25) is 9.69 Å². The van der Waals surface area contributed by atoms with E-state index in [4.69, 9.17) is 14.2 Å². The summed E-state index contributed by atoms with van der Waals surface area (Å²) in [5.74, 6) is -1.69. The maximum absolute atomic E-state index is 12.8. The average Bonchev–Trinajstić information content (AvgIpc) is 3.06. The van der Waals surface area contributed by atoms with Gasteiger partial charge < -0.3 is 14.2 Å². The molecule has 0 N–H and O–H groups in total. The van der Waals surface area contributed by atoms with Gasteiger partial charge in [0.1, 0.15) is 12.6 Å². The van der Waals surface area contributed by atoms with Gasteiger partial charge in [-0.1, -0.05) is 42.5 Å². The first-order valence-corrected chi connectivity index (χ1v) is 9.83. The van der Waals surface area contributed by atoms with Gasteiger partial charge in [0.05, 0.1) is 19.6 Å². The van der Waals surface area contributed by atoms with E-state index in [9.17, 15) is 14.4 Å². The molecule has 0 bridgehead atoms. The second kappa shape index (κ2) is 10.6. The fourth-order valence-electron chi connectivity index (χ4n) is 3.62. The van der Waals surface area contributed by atoms with Gasteiger partial charge in [-0.15, -0.1) is 0 Å². The summed E-state index contributed by atoms with van der Waals surface area (Å²) in [6, 6.07) is 8.35. The van der Waals surface area contributed by atoms with Gasteiger partial charge in [0.25, 0.3) is 0 Å². The second-order valence-corrected chi connectivity index (χ2v) is 7.02. The summed E-state index contributed by atoms with van der Waals surface area (Å²) < 4.78 is 15.7. The number of esters is 2. The molecule has 3 atom stereocenters. The summed E-state index contributed by atoms with van der Waals surface area (Å²) in [6.45, 7) is 9.97. The third-order valence-electron chi connectivity index (χ3n) is 4.96. The number of carbonyl (C=O) groups excluding carboxylic acids is 3. The quantitative estimate of drug-likeness (QED) is 0.376. The van der Waals surface area contributed by atoms with Crippen LogP contribution in [0.15, 0.2) is 42.5 Å². The lowest BCUT2D eigenvalue weighted by molar-refractivity contribution is -0.151. The molecule has 1 saturated heterocycles. The zero-order valence-corrected chi connectivity index (χ0v) is 17.3. The van der Waals surface area contributed by atoms with E-state index in [-0.39, 0.29) is 38.7 Å². The lowest BCUT2D eigenvalue weighted by Gasteiger charge is -2.26. The van der Waals surface area contributed by atoms with E-state index in [0.717, 1.165) is 11.1 Å². The Morgan fingerprint density at radius 1 is 1.07 bits per heavy atom. The number of likely N-dealkylation sites (tertiary alicyclic amines) is 1. The Bertz CT molecular complexity index is 732. The van der Waals surface area contributed by atoms with E-state index in [0.29, 0.717) is 0 Å². The summed E-state index contributed by atoms with van der Waals surface area (Å²) >= 11 is 0. The molecule has 0 radical (unpaired) electrons. The topological polar surface area (TPSA) is 82.1 Å². The number of nitrogens with zero attached hydrogens (tertiary/aromatic N) is 1. The minimum Gasteiger partial charge on any atom is -0.466 e. The number of amides is 1. The molecule has 1 amide bonds. The van der Waals surface area contributed by atoms with Crippen molar-refractivity contribution in [1.29, 1.82) is 0 Å². The van der Waals surface area contributed by atoms with Crippen LogP contribution in [-0.4, -0.2) is 48.7 Å². The number of hydrogen-bond donors (Lipinski definition) is 0. The van der Waals surface area contributed by atoms with Gasteiger partial charge in [0.15, 0.2) is 0 Å². The summed E-state index contributed by atoms with van der Waals surface area (Å²) in [5, 5.41) is 0. The highest BCUT2D eigenvalue weighted by atomic mass is 16.6. The van der Waals surface area contributed by atoms with Crippen molar-refractivity contribution in [3.05, 3.63) is 48.0 Å². The molecule has 0 aromatic heterocycles. The van der Waals surface area contributed by atoms with Crippen molar-refractivity contribution >= 4 is 18.0 Å². The van der Waals surface area contributed by atoms with Gasteiger partial charge in [-0.05, 0) is 26.3 Å². The molecule has 0 unspecified atom stereocenters. The first-order valence-electron chi connectivity index (χ1n) is 9.83. The number of benzene rings is 1. The predicted molar refractivity (Wildman–Crippen MR) is 107 cm³/mol. The largest absolute Gasteiger partial charge is 0.466 e. The number of ether oxygens (including phenoxy) is 3. The Balaban J connectivity index is 2.22. The molecule has 1 aliphatic heterocycles. The second-order valence-electron chi connectivity index (χ2n) is 7.02. The van der Waals surface area contributed by atoms with Crippen molar-refractivity contribution in [3.63, 3.8) is 0 Å². The standard InChI is InChI=1S/C22H29NO6/c1-5-27-19(24)12-17-18(15(3)4)13-23(20(17)21(25)28-6-2)22(26)29-14-16-10-8-7-9-11-16/h7-11,17-18,20H,3,5-6,12-14H2,1-2,4H3/t17-,18+,20+/m0/s1. The fraction of sp³-hybridized carbons (Fsp3) is 0.500. The first-order chi connectivity index (χ1) is 13.9. The van der Waals surface area contributed by atoms with E-state index in [1.54, 1.807) is 13.8 Å². The molecule has 29 heavy (non-hydrogen) atoms. The molecule has 7 heteroatoms. The molecular formula is C22H29NO6. The van der Waals surface area contributed by atoms with Crippen LogP contribution in [0, 0.1) is 11.8 Å². The van der Waals surface area contributed by atoms with Gasteiger partial charge in [0, 0.05) is 18.4 Å². The van der Waals surface area contributed by atoms with Gasteiger partial charge >= 0.3 is 18.0 Å². The molecule has 0 saturated carbocycles. The Labute approximate surface area is 171 Å². The van der Waals surface area contributed by atoms with Gasteiger partial charge in [0.2, 0.25) is 0 Å². The SMILES string of the molecule is C=C(C)[C@H]1CN(C(=O)OCc2ccccc2)[C@@H](C(=O)OCC)[C@H]1CC(=O)OCC. The van der Waals surface area contributed by atoms with Crippen molar-refractivity contribution in [3.8, 4) is 0 Å². The predicted octanol–water partition coefficient (Wildman–Crippen LogP) is 3.33. The molecule has 1 heterocycles. The third-order valence-corrected chi connectivity index (χ3v) is 4.96. The molecule has 1 aromatic carbocycles. The molecule has 1 fully saturated rings. The van der Waals surface area contributed by atoms with E-state index < -0.39 is 30.0 Å². The highest BCUT2D eigenvalue weighted by Crippen LogP contribution is 2.38. The van der Waals surface area contributed by atoms with Crippen LogP contribution in [0.4, 0.5) is 4.79 Å². The maximum atomic E-state index is 12.8. The van der Waals surface area contributed by atoms with Crippen LogP contribution >= 0.6 is 0 Å². The molecule has 7 nitrogen and oxygen atoms in total. The Kier molecular flexibility index (Phi) is 8.24. The molecule has 158 valence electrons. The molecule has 1 aliphatic rings. The minimum atomic E-state index is -0.927. The fourth-order valence-corrected chi connectivity index (χ4v) is 3.62. The van der Waals surface area contributed by atoms with Crippen molar-refractivity contribution in [2.45, 2.75) is 39.8 Å². The number of rotatable bonds is 8. The Morgan fingerprint density at radius 3 is 2.31 bits per heavy atom. The summed E-state index contributed by atoms with van der Waals surface area (Å²) in [7, 11) is 0. The summed E-state index contributed by atoms with van der Waals surface area (Å²) in [4.78, 5) is 39.0. The van der Waals surface area contributed by atoms with Crippen LogP contribution in [0.5, 0.6) is 0 Å². The molecule has 2 rings (SSSR count). The number of carbonyl (C=O) groups is 3. The van der Waals surface area contributed by atoms with Crippen LogP contribution in [0.25, 0.3) is 0 Å². The average molecular weight is 403 g/mol. The molecular weight excluding hydrogens is 374 g/mol. The lowest BCUT2D eigenvalue weighted by Crippen LogP contribution is -2.45. The van der Waals surface area contributed by atoms with Crippen LogP contribution in [0.1, 0.15) is 32.8 Å². The van der Waals surface area contributed by atoms with E-state index in [1.807, 2.05) is 37.3 Å². The van der Waals surface area contributed by atoms with Crippen LogP contribution in [-0.2, 0) is 30.4 Å². The molecule has 0 aliphatic carbocycles. The highest BCUT2D eigenvalue weighted by molar-refractivity contribution is 5.84. The van der Waals surface area contributed by atoms with Crippen LogP contribution < -0.4 is 0 Å². The Hall–Kier alpha value is -2.83. The lowest BCUT2D eigenvalue weighted by atomic mass is 9.84. The maximum Gasteiger partial charge on any atom is 0.410 e. The highest BCUT2D eigenvalue weighted by Gasteiger charge is 2.50. The normalized spacial score (nSPS) is 20.8. The summed E-state index contributed by atoms with van der Waals surface area (Å²) in [5.41, 5.74) is 1.62. The van der Waals surface area contributed by atoms with E-state index in [2.05, 4.69) is 6.58 Å². The Morgan fingerprint density at radius 2 is 1.72 bits per heavy atom. The van der Waals surface area contributed by atoms with Crippen molar-refractivity contribution in [1.82, 2.24) is 4.90 Å². The third kappa shape index (κ3) is 5.82. The molecule has 0 spiro atoms. The minimum absolute atomic E-state index is 0.00267. The van der Waals surface area contributed by atoms with Crippen molar-refractivity contribution in [2.24, 2.45) is 11.8 Å². The van der Waals surface area contributed by atoms with Crippen LogP contribution in [0.3, 0.4) is 0 Å². The van der Waals surface area contributed by atoms with E-state index >= 15 is 0 Å². The zero-order valence-electron chi connectivity index (χ0n) is 17.3. The number of hydrogen-bond acceptors (Lipinski definition) is 6. The van der Waals surface area contributed by atoms with Crippen molar-refractivity contribution < 1.29 is 28.6 Å².